The quantitative estimate of drug-likeness (QED) is 0.181. The molecule has 8 nitrogen and oxygen atoms in total. The van der Waals surface area contributed by atoms with E-state index in [1.54, 1.807) is 0 Å². The summed E-state index contributed by atoms with van der Waals surface area (Å²) in [5.41, 5.74) is 8.23. The van der Waals surface area contributed by atoms with Crippen LogP contribution in [-0.4, -0.2) is 38.9 Å². The maximum absolute atomic E-state index is 6.53. The third-order valence-corrected chi connectivity index (χ3v) is 10.9. The predicted molar refractivity (Wildman–Crippen MR) is 207 cm³/mol. The third kappa shape index (κ3) is 4.92. The van der Waals surface area contributed by atoms with Crippen LogP contribution in [0.5, 0.6) is 0 Å². The average Bonchev–Trinajstić information content (AvgIpc) is 3.90. The van der Waals surface area contributed by atoms with Gasteiger partial charge in [0, 0.05) is 60.5 Å². The monoisotopic (exact) mass is 718 g/mol. The zero-order valence-corrected chi connectivity index (χ0v) is 29.0. The lowest BCUT2D eigenvalue weighted by Gasteiger charge is -2.10. The van der Waals surface area contributed by atoms with Crippen LogP contribution in [0, 0.1) is 0 Å². The Morgan fingerprint density at radius 3 is 1.41 bits per heavy atom. The fraction of sp³-hybridized carbons (Fsp3) is 0.0500. The highest BCUT2D eigenvalue weighted by atomic mass is 35.5. The van der Waals surface area contributed by atoms with E-state index in [0.29, 0.717) is 57.6 Å². The van der Waals surface area contributed by atoms with E-state index in [9.17, 15) is 0 Å². The second-order valence-electron chi connectivity index (χ2n) is 12.2. The summed E-state index contributed by atoms with van der Waals surface area (Å²) >= 11 is 14.3. The minimum Gasteiger partial charge on any atom is -0.324 e. The van der Waals surface area contributed by atoms with Crippen LogP contribution in [-0.2, 0) is 11.8 Å². The Balaban J connectivity index is 1.40. The summed E-state index contributed by atoms with van der Waals surface area (Å²) in [5, 5.41) is 3.71. The highest BCUT2D eigenvalue weighted by molar-refractivity contribution is 7.98. The fourth-order valence-electron chi connectivity index (χ4n) is 6.76. The first-order chi connectivity index (χ1) is 25.2. The lowest BCUT2D eigenvalue weighted by molar-refractivity contribution is 1.16. The van der Waals surface area contributed by atoms with Gasteiger partial charge >= 0.3 is 0 Å². The van der Waals surface area contributed by atoms with Gasteiger partial charge in [-0.15, -0.1) is 23.2 Å². The first kappa shape index (κ1) is 30.2. The van der Waals surface area contributed by atoms with Crippen molar-refractivity contribution < 1.29 is 0 Å². The molecule has 0 saturated heterocycles. The third-order valence-electron chi connectivity index (χ3n) is 9.18. The number of fused-ring (bicyclic) bond motifs is 20. The minimum atomic E-state index is 0.320. The van der Waals surface area contributed by atoms with Crippen molar-refractivity contribution in [2.75, 3.05) is 0 Å². The molecule has 11 heteroatoms. The van der Waals surface area contributed by atoms with Crippen molar-refractivity contribution in [1.29, 1.82) is 0 Å². The summed E-state index contributed by atoms with van der Waals surface area (Å²) in [7, 11) is 0. The summed E-state index contributed by atoms with van der Waals surface area (Å²) < 4.78 is 2.06. The number of nitrogens with zero attached hydrogens (tertiary/aromatic N) is 7. The van der Waals surface area contributed by atoms with Crippen LogP contribution in [0.4, 0.5) is 0 Å². The number of aromatic amines is 1. The molecule has 0 unspecified atom stereocenters. The number of hydrogen-bond acceptors (Lipinski definition) is 7. The highest BCUT2D eigenvalue weighted by Gasteiger charge is 2.23. The number of halogens is 2. The van der Waals surface area contributed by atoms with E-state index in [0.717, 1.165) is 59.8 Å². The molecule has 1 N–H and O–H groups in total. The van der Waals surface area contributed by atoms with E-state index >= 15 is 0 Å². The molecule has 0 aliphatic carbocycles. The van der Waals surface area contributed by atoms with E-state index in [1.807, 2.05) is 97.1 Å². The zero-order chi connectivity index (χ0) is 34.1. The molecule has 8 bridgehead atoms. The Morgan fingerprint density at radius 1 is 0.490 bits per heavy atom. The molecule has 5 aromatic carbocycles. The van der Waals surface area contributed by atoms with Crippen molar-refractivity contribution in [3.05, 3.63) is 126 Å². The Kier molecular flexibility index (Phi) is 7.12. The molecule has 0 radical (unpaired) electrons. The van der Waals surface area contributed by atoms with Crippen LogP contribution in [0.3, 0.4) is 0 Å². The van der Waals surface area contributed by atoms with Crippen LogP contribution in [0.25, 0.3) is 89.7 Å². The van der Waals surface area contributed by atoms with E-state index in [2.05, 4.69) is 27.2 Å². The van der Waals surface area contributed by atoms with Gasteiger partial charge in [-0.2, -0.15) is 0 Å². The predicted octanol–water partition coefficient (Wildman–Crippen LogP) is 10.4. The standard InChI is InChI=1S/C40H24Cl2N8S/c41-20-22-17-18-32(23(19-22)21-42)51-50-39-30-15-7-8-16-31(30)40(50)49-38-29-14-6-4-12-27(29)36(47-38)45-34-25-10-2-1-9-24(25)33(43-34)44-35-26-11-3-5-13-28(26)37(46-35)48-39/h1-19H,20-21H2,(H,43,44,45,46,47,48,49). The summed E-state index contributed by atoms with van der Waals surface area (Å²) in [5.74, 6) is 2.96. The van der Waals surface area contributed by atoms with Crippen LogP contribution < -0.4 is 0 Å². The fourth-order valence-corrected chi connectivity index (χ4v) is 8.25. The molecule has 2 aliphatic rings. The maximum Gasteiger partial charge on any atom is 0.164 e. The van der Waals surface area contributed by atoms with Crippen molar-refractivity contribution in [2.45, 2.75) is 16.7 Å². The molecular weight excluding hydrogens is 695 g/mol. The second kappa shape index (κ2) is 12.0. The van der Waals surface area contributed by atoms with Gasteiger partial charge in [0.15, 0.2) is 34.6 Å². The van der Waals surface area contributed by atoms with Gasteiger partial charge in [-0.05, 0) is 29.1 Å². The molecule has 8 aromatic rings. The molecule has 0 fully saturated rings. The smallest absolute Gasteiger partial charge is 0.164 e. The summed E-state index contributed by atoms with van der Waals surface area (Å²) in [6.07, 6.45) is 0. The number of rotatable bonds is 4. The minimum absolute atomic E-state index is 0.320. The number of benzene rings is 5. The summed E-state index contributed by atoms with van der Waals surface area (Å²) in [4.78, 5) is 35.5. The largest absolute Gasteiger partial charge is 0.324 e. The van der Waals surface area contributed by atoms with Crippen molar-refractivity contribution in [3.8, 4) is 45.6 Å². The molecule has 0 spiro atoms. The maximum atomic E-state index is 6.53. The molecule has 0 amide bonds. The Bertz CT molecular complexity index is 2740. The van der Waals surface area contributed by atoms with Gasteiger partial charge in [-0.1, -0.05) is 109 Å². The van der Waals surface area contributed by atoms with Gasteiger partial charge in [0.2, 0.25) is 0 Å². The number of aromatic nitrogens is 8. The summed E-state index contributed by atoms with van der Waals surface area (Å²) in [6, 6.07) is 38.5. The van der Waals surface area contributed by atoms with Gasteiger partial charge in [0.1, 0.15) is 11.3 Å². The first-order valence-corrected chi connectivity index (χ1v) is 18.1. The van der Waals surface area contributed by atoms with Crippen molar-refractivity contribution in [3.63, 3.8) is 0 Å². The van der Waals surface area contributed by atoms with Crippen molar-refractivity contribution in [1.82, 2.24) is 38.9 Å². The Labute approximate surface area is 305 Å². The van der Waals surface area contributed by atoms with Gasteiger partial charge in [-0.25, -0.2) is 33.9 Å². The average molecular weight is 720 g/mol. The van der Waals surface area contributed by atoms with Gasteiger partial charge < -0.3 is 4.98 Å². The van der Waals surface area contributed by atoms with Crippen molar-refractivity contribution in [2.24, 2.45) is 0 Å². The number of nitrogens with one attached hydrogen (secondary N) is 1. The first-order valence-electron chi connectivity index (χ1n) is 16.3. The molecule has 0 saturated carbocycles. The van der Waals surface area contributed by atoms with E-state index in [-0.39, 0.29) is 0 Å². The highest BCUT2D eigenvalue weighted by Crippen LogP contribution is 2.40. The van der Waals surface area contributed by atoms with E-state index in [1.165, 1.54) is 11.9 Å². The second-order valence-corrected chi connectivity index (χ2v) is 13.7. The molecule has 244 valence electrons. The molecule has 2 aliphatic heterocycles. The number of hydrogen-bond donors (Lipinski definition) is 1. The lowest BCUT2D eigenvalue weighted by atomic mass is 10.1. The Morgan fingerprint density at radius 2 is 0.941 bits per heavy atom. The summed E-state index contributed by atoms with van der Waals surface area (Å²) in [6.45, 7) is 0. The molecule has 10 rings (SSSR count). The van der Waals surface area contributed by atoms with Crippen LogP contribution in [0.2, 0.25) is 0 Å². The normalized spacial score (nSPS) is 12.0. The molecule has 5 heterocycles. The van der Waals surface area contributed by atoms with Crippen LogP contribution in [0.15, 0.2) is 120 Å². The Hall–Kier alpha value is -5.61. The van der Waals surface area contributed by atoms with Crippen molar-refractivity contribution >= 4 is 79.3 Å². The molecular formula is C40H24Cl2N8S. The SMILES string of the molecule is ClCc1ccc(Sn2c3nc4nc(nc5[nH]c(nc6nc(nc2c2ccccc23)-c2ccccc2-6)c2ccccc52)-c2ccccc2-4)c(CCl)c1. The van der Waals surface area contributed by atoms with Crippen LogP contribution in [0.1, 0.15) is 11.1 Å². The van der Waals surface area contributed by atoms with Gasteiger partial charge in [0.05, 0.1) is 0 Å². The zero-order valence-electron chi connectivity index (χ0n) is 26.7. The van der Waals surface area contributed by atoms with E-state index in [4.69, 9.17) is 53.1 Å². The van der Waals surface area contributed by atoms with E-state index < -0.39 is 0 Å². The van der Waals surface area contributed by atoms with Crippen LogP contribution >= 0.6 is 35.1 Å². The number of alkyl halides is 2. The topological polar surface area (TPSA) is 98.1 Å². The molecule has 51 heavy (non-hydrogen) atoms. The van der Waals surface area contributed by atoms with Gasteiger partial charge in [-0.3, -0.25) is 0 Å². The molecule has 0 atom stereocenters. The lowest BCUT2D eigenvalue weighted by Crippen LogP contribution is -1.95. The number of H-pyrrole nitrogens is 1. The van der Waals surface area contributed by atoms with Gasteiger partial charge in [0.25, 0.3) is 0 Å². The molecule has 3 aromatic heterocycles.